The summed E-state index contributed by atoms with van der Waals surface area (Å²) >= 11 is 15.4. The topological polar surface area (TPSA) is 9.23 Å². The number of rotatable bonds is 3. The van der Waals surface area contributed by atoms with Gasteiger partial charge in [-0.2, -0.15) is 0 Å². The van der Waals surface area contributed by atoms with E-state index in [9.17, 15) is 0 Å². The molecule has 2 rings (SSSR count). The molecule has 0 bridgehead atoms. The number of hydrogen-bond acceptors (Lipinski definition) is 1. The molecule has 19 heavy (non-hydrogen) atoms. The molecule has 0 atom stereocenters. The van der Waals surface area contributed by atoms with Crippen molar-refractivity contribution in [3.8, 4) is 5.75 Å². The van der Waals surface area contributed by atoms with Gasteiger partial charge in [0.25, 0.3) is 0 Å². The van der Waals surface area contributed by atoms with Crippen molar-refractivity contribution in [2.75, 3.05) is 7.11 Å². The Hall–Kier alpha value is -0.960. The van der Waals surface area contributed by atoms with Crippen molar-refractivity contribution >= 4 is 51.3 Å². The number of ether oxygens (including phenoxy) is 1. The number of hydrogen-bond donors (Lipinski definition) is 0. The van der Waals surface area contributed by atoms with Crippen molar-refractivity contribution < 1.29 is 4.74 Å². The van der Waals surface area contributed by atoms with Gasteiger partial charge < -0.3 is 4.74 Å². The molecule has 0 saturated carbocycles. The summed E-state index contributed by atoms with van der Waals surface area (Å²) in [5.74, 6) is 0.840. The van der Waals surface area contributed by atoms with E-state index in [1.165, 1.54) is 0 Å². The van der Waals surface area contributed by atoms with E-state index in [0.29, 0.717) is 10.0 Å². The molecule has 0 saturated heterocycles. The molecule has 4 heteroatoms. The third kappa shape index (κ3) is 3.75. The van der Waals surface area contributed by atoms with Gasteiger partial charge in [-0.25, -0.2) is 0 Å². The summed E-state index contributed by atoms with van der Waals surface area (Å²) in [4.78, 5) is 0. The van der Waals surface area contributed by atoms with Crippen molar-refractivity contribution in [3.63, 3.8) is 0 Å². The summed E-state index contributed by atoms with van der Waals surface area (Å²) in [5, 5.41) is 1.20. The van der Waals surface area contributed by atoms with Gasteiger partial charge in [-0.3, -0.25) is 0 Å². The van der Waals surface area contributed by atoms with E-state index in [1.807, 2.05) is 48.6 Å². The zero-order valence-electron chi connectivity index (χ0n) is 10.2. The highest BCUT2D eigenvalue weighted by Gasteiger charge is 2.03. The van der Waals surface area contributed by atoms with Crippen LogP contribution in [0.2, 0.25) is 10.0 Å². The van der Waals surface area contributed by atoms with Crippen LogP contribution in [0.1, 0.15) is 11.1 Å². The summed E-state index contributed by atoms with van der Waals surface area (Å²) in [7, 11) is 1.65. The molecule has 0 spiro atoms. The second-order valence-electron chi connectivity index (χ2n) is 3.91. The molecule has 0 N–H and O–H groups in total. The Balaban J connectivity index is 2.22. The summed E-state index contributed by atoms with van der Waals surface area (Å²) in [5.41, 5.74) is 2.03. The lowest BCUT2D eigenvalue weighted by atomic mass is 10.1. The maximum absolute atomic E-state index is 6.06. The third-order valence-electron chi connectivity index (χ3n) is 2.59. The monoisotopic (exact) mass is 356 g/mol. The van der Waals surface area contributed by atoms with E-state index in [4.69, 9.17) is 27.9 Å². The van der Waals surface area contributed by atoms with Crippen LogP contribution in [0, 0.1) is 0 Å². The fraction of sp³-hybridized carbons (Fsp3) is 0.0667. The van der Waals surface area contributed by atoms with E-state index < -0.39 is 0 Å². The Morgan fingerprint density at radius 3 is 2.00 bits per heavy atom. The van der Waals surface area contributed by atoms with E-state index in [2.05, 4.69) is 15.9 Å². The molecule has 0 aliphatic carbocycles. The van der Waals surface area contributed by atoms with Gasteiger partial charge in [0.05, 0.1) is 21.6 Å². The maximum atomic E-state index is 6.06. The van der Waals surface area contributed by atoms with Gasteiger partial charge in [0, 0.05) is 0 Å². The number of methoxy groups -OCH3 is 1. The second-order valence-corrected chi connectivity index (χ2v) is 5.51. The molecule has 2 aromatic carbocycles. The lowest BCUT2D eigenvalue weighted by molar-refractivity contribution is 0.415. The molecule has 98 valence electrons. The minimum absolute atomic E-state index is 0.599. The molecule has 0 radical (unpaired) electrons. The molecular formula is C15H11BrCl2O. The zero-order chi connectivity index (χ0) is 13.8. The Kier molecular flexibility index (Phi) is 4.92. The van der Waals surface area contributed by atoms with E-state index in [1.54, 1.807) is 7.11 Å². The molecule has 0 heterocycles. The predicted octanol–water partition coefficient (Wildman–Crippen LogP) is 5.93. The normalized spacial score (nSPS) is 10.9. The fourth-order valence-corrected chi connectivity index (χ4v) is 2.31. The van der Waals surface area contributed by atoms with Gasteiger partial charge in [0.15, 0.2) is 0 Å². The quantitative estimate of drug-likeness (QED) is 0.488. The SMILES string of the molecule is COc1ccc(/C=C/c2cc(Cl)c(Br)c(Cl)c2)cc1. The molecule has 0 fully saturated rings. The lowest BCUT2D eigenvalue weighted by Gasteiger charge is -2.02. The fourth-order valence-electron chi connectivity index (χ4n) is 1.58. The average Bonchev–Trinajstić information content (AvgIpc) is 2.43. The van der Waals surface area contributed by atoms with Crippen LogP contribution >= 0.6 is 39.1 Å². The molecule has 0 aliphatic heterocycles. The average molecular weight is 358 g/mol. The van der Waals surface area contributed by atoms with Crippen LogP contribution in [0.15, 0.2) is 40.9 Å². The second kappa shape index (κ2) is 6.47. The van der Waals surface area contributed by atoms with Gasteiger partial charge in [0.2, 0.25) is 0 Å². The first-order valence-electron chi connectivity index (χ1n) is 5.57. The van der Waals surface area contributed by atoms with Gasteiger partial charge in [-0.15, -0.1) is 0 Å². The molecule has 0 unspecified atom stereocenters. The van der Waals surface area contributed by atoms with Crippen LogP contribution < -0.4 is 4.74 Å². The van der Waals surface area contributed by atoms with Gasteiger partial charge in [-0.1, -0.05) is 47.5 Å². The first-order chi connectivity index (χ1) is 9.10. The van der Waals surface area contributed by atoms with E-state index >= 15 is 0 Å². The summed E-state index contributed by atoms with van der Waals surface area (Å²) < 4.78 is 5.83. The molecular weight excluding hydrogens is 347 g/mol. The van der Waals surface area contributed by atoms with Crippen molar-refractivity contribution in [2.24, 2.45) is 0 Å². The number of halogens is 3. The smallest absolute Gasteiger partial charge is 0.118 e. The summed E-state index contributed by atoms with van der Waals surface area (Å²) in [6.07, 6.45) is 3.96. The first kappa shape index (κ1) is 14.4. The molecule has 0 aliphatic rings. The summed E-state index contributed by atoms with van der Waals surface area (Å²) in [6, 6.07) is 11.5. The van der Waals surface area contributed by atoms with Crippen LogP contribution in [0.3, 0.4) is 0 Å². The van der Waals surface area contributed by atoms with E-state index in [-0.39, 0.29) is 0 Å². The highest BCUT2D eigenvalue weighted by Crippen LogP contribution is 2.32. The van der Waals surface area contributed by atoms with Crippen molar-refractivity contribution in [3.05, 3.63) is 62.0 Å². The van der Waals surface area contributed by atoms with Crippen molar-refractivity contribution in [1.29, 1.82) is 0 Å². The van der Waals surface area contributed by atoms with Crippen molar-refractivity contribution in [1.82, 2.24) is 0 Å². The molecule has 0 aromatic heterocycles. The zero-order valence-corrected chi connectivity index (χ0v) is 13.3. The molecule has 2 aromatic rings. The molecule has 1 nitrogen and oxygen atoms in total. The Labute approximate surface area is 130 Å². The Morgan fingerprint density at radius 2 is 1.47 bits per heavy atom. The lowest BCUT2D eigenvalue weighted by Crippen LogP contribution is -1.81. The van der Waals surface area contributed by atoms with Crippen LogP contribution in [0.4, 0.5) is 0 Å². The van der Waals surface area contributed by atoms with Crippen molar-refractivity contribution in [2.45, 2.75) is 0 Å². The van der Waals surface area contributed by atoms with Crippen LogP contribution in [-0.4, -0.2) is 7.11 Å². The molecule has 0 amide bonds. The predicted molar refractivity (Wildman–Crippen MR) is 86.1 cm³/mol. The maximum Gasteiger partial charge on any atom is 0.118 e. The van der Waals surface area contributed by atoms with Crippen LogP contribution in [0.5, 0.6) is 5.75 Å². The minimum atomic E-state index is 0.599. The van der Waals surface area contributed by atoms with Crippen LogP contribution in [0.25, 0.3) is 12.2 Å². The van der Waals surface area contributed by atoms with Gasteiger partial charge in [-0.05, 0) is 51.3 Å². The van der Waals surface area contributed by atoms with Crippen LogP contribution in [-0.2, 0) is 0 Å². The van der Waals surface area contributed by atoms with E-state index in [0.717, 1.165) is 21.3 Å². The van der Waals surface area contributed by atoms with Gasteiger partial charge >= 0.3 is 0 Å². The standard InChI is InChI=1S/C15H11BrCl2O/c1-19-12-6-4-10(5-7-12)2-3-11-8-13(17)15(16)14(18)9-11/h2-9H,1H3/b3-2+. The third-order valence-corrected chi connectivity index (χ3v) is 4.50. The minimum Gasteiger partial charge on any atom is -0.497 e. The highest BCUT2D eigenvalue weighted by atomic mass is 79.9. The van der Waals surface area contributed by atoms with Gasteiger partial charge in [0.1, 0.15) is 5.75 Å². The highest BCUT2D eigenvalue weighted by molar-refractivity contribution is 9.10. The largest absolute Gasteiger partial charge is 0.497 e. The Bertz CT molecular complexity index is 583. The number of benzene rings is 2. The summed E-state index contributed by atoms with van der Waals surface area (Å²) in [6.45, 7) is 0. The first-order valence-corrected chi connectivity index (χ1v) is 7.11. The Morgan fingerprint density at radius 1 is 0.947 bits per heavy atom.